The number of nitrogens with one attached hydrogen (secondary N) is 1. The Hall–Kier alpha value is -2.73. The Morgan fingerprint density at radius 3 is 2.26 bits per heavy atom. The van der Waals surface area contributed by atoms with Crippen molar-refractivity contribution in [2.24, 2.45) is 0 Å². The summed E-state index contributed by atoms with van der Waals surface area (Å²) in [6.07, 6.45) is 3.87. The van der Waals surface area contributed by atoms with Crippen LogP contribution in [-0.4, -0.2) is 68.8 Å². The SMILES string of the molecule is C[NH+](CC(=O)N1CCN(c2ccc(O)cc2)CC1)Cc1ccccc1N1CCCCC1. The molecule has 2 aromatic rings. The highest BCUT2D eigenvalue weighted by molar-refractivity contribution is 5.77. The number of rotatable bonds is 6. The largest absolute Gasteiger partial charge is 0.508 e. The minimum Gasteiger partial charge on any atom is -0.508 e. The summed E-state index contributed by atoms with van der Waals surface area (Å²) >= 11 is 0. The number of nitrogens with zero attached hydrogens (tertiary/aromatic N) is 3. The summed E-state index contributed by atoms with van der Waals surface area (Å²) < 4.78 is 0. The molecule has 4 rings (SSSR count). The lowest BCUT2D eigenvalue weighted by molar-refractivity contribution is -0.885. The van der Waals surface area contributed by atoms with Gasteiger partial charge in [-0.2, -0.15) is 0 Å². The highest BCUT2D eigenvalue weighted by Gasteiger charge is 2.24. The topological polar surface area (TPSA) is 51.5 Å². The lowest BCUT2D eigenvalue weighted by atomic mass is 10.1. The monoisotopic (exact) mass is 423 g/mol. The van der Waals surface area contributed by atoms with Gasteiger partial charge in [0.1, 0.15) is 12.3 Å². The number of carbonyl (C=O) groups is 1. The summed E-state index contributed by atoms with van der Waals surface area (Å²) in [7, 11) is 2.12. The molecule has 0 spiro atoms. The minimum atomic E-state index is 0.235. The lowest BCUT2D eigenvalue weighted by Crippen LogP contribution is -3.09. The number of amides is 1. The van der Waals surface area contributed by atoms with Crippen LogP contribution in [0.2, 0.25) is 0 Å². The standard InChI is InChI=1S/C25H34N4O2/c1-26(19-21-7-3-4-8-24(21)28-13-5-2-6-14-28)20-25(31)29-17-15-27(16-18-29)22-9-11-23(30)12-10-22/h3-4,7-12,30H,2,5-6,13-20H2,1H3/p+1. The van der Waals surface area contributed by atoms with E-state index < -0.39 is 0 Å². The third-order valence-corrected chi connectivity index (χ3v) is 6.48. The van der Waals surface area contributed by atoms with Crippen LogP contribution < -0.4 is 14.7 Å². The summed E-state index contributed by atoms with van der Waals surface area (Å²) in [5.74, 6) is 0.517. The summed E-state index contributed by atoms with van der Waals surface area (Å²) in [5, 5.41) is 9.47. The quantitative estimate of drug-likeness (QED) is 0.743. The van der Waals surface area contributed by atoms with E-state index >= 15 is 0 Å². The Labute approximate surface area is 185 Å². The van der Waals surface area contributed by atoms with Gasteiger partial charge in [-0.15, -0.1) is 0 Å². The highest BCUT2D eigenvalue weighted by Crippen LogP contribution is 2.23. The molecule has 1 unspecified atom stereocenters. The molecule has 2 saturated heterocycles. The van der Waals surface area contributed by atoms with Crippen molar-refractivity contribution < 1.29 is 14.8 Å². The summed E-state index contributed by atoms with van der Waals surface area (Å²) in [6, 6.07) is 16.0. The molecule has 0 radical (unpaired) electrons. The molecule has 6 nitrogen and oxygen atoms in total. The van der Waals surface area contributed by atoms with Crippen LogP contribution in [0.25, 0.3) is 0 Å². The van der Waals surface area contributed by atoms with Crippen LogP contribution in [0.5, 0.6) is 5.75 Å². The Bertz CT molecular complexity index is 856. The molecule has 2 aromatic carbocycles. The van der Waals surface area contributed by atoms with E-state index in [0.717, 1.165) is 51.5 Å². The van der Waals surface area contributed by atoms with Crippen molar-refractivity contribution in [3.8, 4) is 5.75 Å². The number of piperidine rings is 1. The van der Waals surface area contributed by atoms with E-state index in [2.05, 4.69) is 41.1 Å². The van der Waals surface area contributed by atoms with Crippen molar-refractivity contribution >= 4 is 17.3 Å². The zero-order valence-electron chi connectivity index (χ0n) is 18.6. The summed E-state index contributed by atoms with van der Waals surface area (Å²) in [6.45, 7) is 6.81. The zero-order chi connectivity index (χ0) is 21.6. The Kier molecular flexibility index (Phi) is 6.97. The van der Waals surface area contributed by atoms with E-state index in [-0.39, 0.29) is 11.7 Å². The van der Waals surface area contributed by atoms with Crippen LogP contribution in [0, 0.1) is 0 Å². The van der Waals surface area contributed by atoms with Crippen molar-refractivity contribution in [1.29, 1.82) is 0 Å². The second kappa shape index (κ2) is 10.1. The number of piperazine rings is 1. The van der Waals surface area contributed by atoms with Gasteiger partial charge in [-0.3, -0.25) is 4.79 Å². The van der Waals surface area contributed by atoms with Gasteiger partial charge in [-0.05, 0) is 49.6 Å². The number of likely N-dealkylation sites (N-methyl/N-ethyl adjacent to an activating group) is 1. The Morgan fingerprint density at radius 1 is 0.871 bits per heavy atom. The van der Waals surface area contributed by atoms with Gasteiger partial charge >= 0.3 is 0 Å². The average Bonchev–Trinajstić information content (AvgIpc) is 2.80. The number of phenolic OH excluding ortho intramolecular Hbond substituents is 1. The molecular formula is C25H35N4O2+. The van der Waals surface area contributed by atoms with E-state index in [4.69, 9.17) is 0 Å². The van der Waals surface area contributed by atoms with E-state index in [1.807, 2.05) is 17.0 Å². The molecule has 1 amide bonds. The molecule has 0 saturated carbocycles. The molecule has 2 fully saturated rings. The fourth-order valence-electron chi connectivity index (χ4n) is 4.74. The van der Waals surface area contributed by atoms with Gasteiger partial charge in [0.2, 0.25) is 0 Å². The van der Waals surface area contributed by atoms with Gasteiger partial charge in [0.15, 0.2) is 6.54 Å². The predicted octanol–water partition coefficient (Wildman–Crippen LogP) is 1.75. The third kappa shape index (κ3) is 5.50. The van der Waals surface area contributed by atoms with Crippen LogP contribution in [-0.2, 0) is 11.3 Å². The van der Waals surface area contributed by atoms with Crippen LogP contribution in [0.15, 0.2) is 48.5 Å². The molecule has 2 N–H and O–H groups in total. The van der Waals surface area contributed by atoms with Crippen LogP contribution >= 0.6 is 0 Å². The lowest BCUT2D eigenvalue weighted by Gasteiger charge is -2.36. The van der Waals surface area contributed by atoms with Crippen molar-refractivity contribution in [3.05, 3.63) is 54.1 Å². The highest BCUT2D eigenvalue weighted by atomic mass is 16.3. The summed E-state index contributed by atoms with van der Waals surface area (Å²) in [5.41, 5.74) is 3.78. The molecule has 166 valence electrons. The molecule has 2 heterocycles. The van der Waals surface area contributed by atoms with Crippen LogP contribution in [0.3, 0.4) is 0 Å². The summed E-state index contributed by atoms with van der Waals surface area (Å²) in [4.78, 5) is 20.9. The minimum absolute atomic E-state index is 0.235. The number of quaternary nitrogens is 1. The van der Waals surface area contributed by atoms with Crippen LogP contribution in [0.4, 0.5) is 11.4 Å². The van der Waals surface area contributed by atoms with Gasteiger partial charge in [0.05, 0.1) is 7.05 Å². The van der Waals surface area contributed by atoms with Crippen molar-refractivity contribution in [1.82, 2.24) is 4.90 Å². The van der Waals surface area contributed by atoms with Crippen LogP contribution in [0.1, 0.15) is 24.8 Å². The molecule has 0 aromatic heterocycles. The Balaban J connectivity index is 1.29. The number of hydrogen-bond acceptors (Lipinski definition) is 4. The van der Waals surface area contributed by atoms with Crippen molar-refractivity contribution in [2.75, 3.05) is 62.7 Å². The number of carbonyl (C=O) groups excluding carboxylic acids is 1. The number of hydrogen-bond donors (Lipinski definition) is 2. The van der Waals surface area contributed by atoms with E-state index in [0.29, 0.717) is 6.54 Å². The number of phenols is 1. The fourth-order valence-corrected chi connectivity index (χ4v) is 4.74. The molecule has 31 heavy (non-hydrogen) atoms. The number of para-hydroxylation sites is 1. The maximum atomic E-state index is 12.9. The second-order valence-corrected chi connectivity index (χ2v) is 8.87. The molecule has 1 atom stereocenters. The average molecular weight is 424 g/mol. The zero-order valence-corrected chi connectivity index (χ0v) is 18.6. The van der Waals surface area contributed by atoms with Gasteiger partial charge in [0, 0.05) is 56.2 Å². The number of anilines is 2. The Morgan fingerprint density at radius 2 is 1.55 bits per heavy atom. The van der Waals surface area contributed by atoms with Gasteiger partial charge in [-0.25, -0.2) is 0 Å². The first kappa shape index (κ1) is 21.5. The smallest absolute Gasteiger partial charge is 0.277 e. The first-order valence-corrected chi connectivity index (χ1v) is 11.6. The molecule has 2 aliphatic rings. The van der Waals surface area contributed by atoms with Crippen molar-refractivity contribution in [3.63, 3.8) is 0 Å². The third-order valence-electron chi connectivity index (χ3n) is 6.48. The van der Waals surface area contributed by atoms with E-state index in [9.17, 15) is 9.90 Å². The first-order chi connectivity index (χ1) is 15.1. The normalized spacial score (nSPS) is 18.2. The molecular weight excluding hydrogens is 388 g/mol. The van der Waals surface area contributed by atoms with Gasteiger partial charge in [-0.1, -0.05) is 18.2 Å². The first-order valence-electron chi connectivity index (χ1n) is 11.6. The van der Waals surface area contributed by atoms with Gasteiger partial charge < -0.3 is 24.7 Å². The molecule has 0 bridgehead atoms. The molecule has 6 heteroatoms. The van der Waals surface area contributed by atoms with E-state index in [1.54, 1.807) is 12.1 Å². The number of benzene rings is 2. The van der Waals surface area contributed by atoms with Crippen molar-refractivity contribution in [2.45, 2.75) is 25.8 Å². The number of aromatic hydroxyl groups is 1. The maximum absolute atomic E-state index is 12.9. The fraction of sp³-hybridized carbons (Fsp3) is 0.480. The molecule has 0 aliphatic carbocycles. The maximum Gasteiger partial charge on any atom is 0.277 e. The van der Waals surface area contributed by atoms with E-state index in [1.165, 1.54) is 35.4 Å². The molecule has 2 aliphatic heterocycles. The van der Waals surface area contributed by atoms with Gasteiger partial charge in [0.25, 0.3) is 5.91 Å². The second-order valence-electron chi connectivity index (χ2n) is 8.87. The predicted molar refractivity (Wildman–Crippen MR) is 125 cm³/mol.